The minimum atomic E-state index is -1.43. The van der Waals surface area contributed by atoms with Gasteiger partial charge in [-0.05, 0) is 18.2 Å². The normalized spacial score (nSPS) is 16.9. The molecular weight excluding hydrogens is 327 g/mol. The molecule has 0 bridgehead atoms. The number of carbonyl (C=O) groups excluding carboxylic acids is 1. The van der Waals surface area contributed by atoms with E-state index in [1.807, 2.05) is 0 Å². The van der Waals surface area contributed by atoms with Crippen molar-refractivity contribution in [2.75, 3.05) is 6.54 Å². The van der Waals surface area contributed by atoms with E-state index in [1.54, 1.807) is 0 Å². The molecule has 0 saturated carbocycles. The van der Waals surface area contributed by atoms with Crippen LogP contribution in [0.4, 0.5) is 13.2 Å². The Bertz CT molecular complexity index is 691. The van der Waals surface area contributed by atoms with Gasteiger partial charge < -0.3 is 5.11 Å². The highest BCUT2D eigenvalue weighted by Crippen LogP contribution is 2.33. The molecule has 1 saturated heterocycles. The van der Waals surface area contributed by atoms with Gasteiger partial charge in [-0.2, -0.15) is 0 Å². The molecule has 2 rings (SSSR count). The lowest BCUT2D eigenvalue weighted by atomic mass is 10.1. The minimum Gasteiger partial charge on any atom is -0.480 e. The van der Waals surface area contributed by atoms with E-state index in [1.165, 1.54) is 0 Å². The van der Waals surface area contributed by atoms with Crippen molar-refractivity contribution in [1.82, 2.24) is 4.90 Å². The Balaban J connectivity index is 2.40. The van der Waals surface area contributed by atoms with Crippen LogP contribution in [0.2, 0.25) is 0 Å². The van der Waals surface area contributed by atoms with Gasteiger partial charge in [0.15, 0.2) is 11.6 Å². The number of amides is 1. The molecule has 0 aromatic heterocycles. The Labute approximate surface area is 126 Å². The molecule has 1 aliphatic heterocycles. The van der Waals surface area contributed by atoms with Gasteiger partial charge in [0.05, 0.1) is 10.5 Å². The molecular formula is C12H6F3NO3S2. The number of hydrogen-bond acceptors (Lipinski definition) is 4. The number of nitrogens with zero attached hydrogens (tertiary/aromatic N) is 1. The van der Waals surface area contributed by atoms with Crippen LogP contribution < -0.4 is 0 Å². The summed E-state index contributed by atoms with van der Waals surface area (Å²) in [5.41, 5.74) is -0.717. The maximum atomic E-state index is 13.5. The highest BCUT2D eigenvalue weighted by molar-refractivity contribution is 8.26. The van der Waals surface area contributed by atoms with E-state index in [0.29, 0.717) is 17.8 Å². The van der Waals surface area contributed by atoms with Crippen LogP contribution >= 0.6 is 24.0 Å². The third-order valence-electron chi connectivity index (χ3n) is 2.52. The molecule has 1 amide bonds. The molecule has 1 aromatic rings. The van der Waals surface area contributed by atoms with Crippen LogP contribution in [-0.4, -0.2) is 32.7 Å². The monoisotopic (exact) mass is 333 g/mol. The van der Waals surface area contributed by atoms with Gasteiger partial charge in [-0.15, -0.1) is 0 Å². The summed E-state index contributed by atoms with van der Waals surface area (Å²) in [4.78, 5) is 23.1. The number of carboxylic acids is 1. The number of rotatable bonds is 3. The SMILES string of the molecule is O=C(O)CN1C(=O)/C(=C/c2c(F)ccc(F)c2F)SC1=S. The van der Waals surface area contributed by atoms with Crippen LogP contribution in [0.3, 0.4) is 0 Å². The van der Waals surface area contributed by atoms with Gasteiger partial charge in [-0.1, -0.05) is 24.0 Å². The van der Waals surface area contributed by atoms with Gasteiger partial charge in [0.1, 0.15) is 16.7 Å². The van der Waals surface area contributed by atoms with Crippen molar-refractivity contribution in [3.05, 3.63) is 40.1 Å². The number of aliphatic carboxylic acids is 1. The smallest absolute Gasteiger partial charge is 0.323 e. The average molecular weight is 333 g/mol. The number of carbonyl (C=O) groups is 2. The fraction of sp³-hybridized carbons (Fsp3) is 0.0833. The van der Waals surface area contributed by atoms with Gasteiger partial charge in [0.2, 0.25) is 0 Å². The van der Waals surface area contributed by atoms with E-state index in [9.17, 15) is 22.8 Å². The van der Waals surface area contributed by atoms with Crippen LogP contribution in [0.5, 0.6) is 0 Å². The zero-order valence-electron chi connectivity index (χ0n) is 10.1. The van der Waals surface area contributed by atoms with E-state index in [4.69, 9.17) is 17.3 Å². The molecule has 0 spiro atoms. The summed E-state index contributed by atoms with van der Waals surface area (Å²) in [6.07, 6.45) is 0.814. The second-order valence-electron chi connectivity index (χ2n) is 3.92. The first kappa shape index (κ1) is 15.5. The molecule has 21 heavy (non-hydrogen) atoms. The first-order chi connectivity index (χ1) is 9.81. The number of carboxylic acid groups (broad SMARTS) is 1. The molecule has 1 aromatic carbocycles. The van der Waals surface area contributed by atoms with Crippen LogP contribution in [0.15, 0.2) is 17.0 Å². The Hall–Kier alpha value is -1.87. The summed E-state index contributed by atoms with van der Waals surface area (Å²) in [6, 6.07) is 1.35. The number of benzene rings is 1. The van der Waals surface area contributed by atoms with Gasteiger partial charge in [0.25, 0.3) is 5.91 Å². The van der Waals surface area contributed by atoms with Crippen LogP contribution in [0.25, 0.3) is 6.08 Å². The van der Waals surface area contributed by atoms with Crippen molar-refractivity contribution in [3.8, 4) is 0 Å². The Morgan fingerprint density at radius 3 is 2.57 bits per heavy atom. The first-order valence-corrected chi connectivity index (χ1v) is 6.64. The standard InChI is InChI=1S/C12H6F3NO3S2/c13-6-1-2-7(14)10(15)5(6)3-8-11(19)16(4-9(17)18)12(20)21-8/h1-3H,4H2,(H,17,18)/b8-3-. The highest BCUT2D eigenvalue weighted by Gasteiger charge is 2.33. The molecule has 1 N–H and O–H groups in total. The third kappa shape index (κ3) is 3.08. The molecule has 1 heterocycles. The summed E-state index contributed by atoms with van der Waals surface area (Å²) < 4.78 is 40.1. The van der Waals surface area contributed by atoms with E-state index < -0.39 is 41.4 Å². The third-order valence-corrected chi connectivity index (χ3v) is 3.90. The van der Waals surface area contributed by atoms with Crippen molar-refractivity contribution in [2.45, 2.75) is 0 Å². The summed E-state index contributed by atoms with van der Waals surface area (Å²) in [6.45, 7) is -0.657. The maximum absolute atomic E-state index is 13.5. The number of hydrogen-bond donors (Lipinski definition) is 1. The Morgan fingerprint density at radius 2 is 1.95 bits per heavy atom. The topological polar surface area (TPSA) is 57.6 Å². The van der Waals surface area contributed by atoms with Gasteiger partial charge in [-0.25, -0.2) is 13.2 Å². The van der Waals surface area contributed by atoms with Crippen molar-refractivity contribution >= 4 is 46.3 Å². The summed E-state index contributed by atoms with van der Waals surface area (Å²) >= 11 is 5.51. The summed E-state index contributed by atoms with van der Waals surface area (Å²) in [7, 11) is 0. The quantitative estimate of drug-likeness (QED) is 0.523. The second-order valence-corrected chi connectivity index (χ2v) is 5.59. The number of thiocarbonyl (C=S) groups is 1. The fourth-order valence-electron chi connectivity index (χ4n) is 1.58. The molecule has 0 aliphatic carbocycles. The zero-order valence-corrected chi connectivity index (χ0v) is 11.7. The molecule has 110 valence electrons. The summed E-state index contributed by atoms with van der Waals surface area (Å²) in [5, 5.41) is 8.66. The zero-order chi connectivity index (χ0) is 15.7. The molecule has 0 unspecified atom stereocenters. The van der Waals surface area contributed by atoms with Crippen LogP contribution in [0.1, 0.15) is 5.56 Å². The molecule has 9 heteroatoms. The molecule has 0 atom stereocenters. The number of thioether (sulfide) groups is 1. The molecule has 1 fully saturated rings. The Kier molecular flexibility index (Phi) is 4.33. The predicted molar refractivity (Wildman–Crippen MR) is 73.8 cm³/mol. The van der Waals surface area contributed by atoms with Gasteiger partial charge >= 0.3 is 5.97 Å². The fourth-order valence-corrected chi connectivity index (χ4v) is 2.81. The lowest BCUT2D eigenvalue weighted by Gasteiger charge is -2.10. The van der Waals surface area contributed by atoms with E-state index in [-0.39, 0.29) is 9.23 Å². The van der Waals surface area contributed by atoms with E-state index in [0.717, 1.165) is 17.0 Å². The summed E-state index contributed by atoms with van der Waals surface area (Å²) in [5.74, 6) is -5.81. The molecule has 1 aliphatic rings. The highest BCUT2D eigenvalue weighted by atomic mass is 32.2. The molecule has 0 radical (unpaired) electrons. The molecule has 4 nitrogen and oxygen atoms in total. The van der Waals surface area contributed by atoms with Gasteiger partial charge in [0, 0.05) is 0 Å². The van der Waals surface area contributed by atoms with Gasteiger partial charge in [-0.3, -0.25) is 14.5 Å². The number of halogens is 3. The largest absolute Gasteiger partial charge is 0.480 e. The van der Waals surface area contributed by atoms with Crippen LogP contribution in [-0.2, 0) is 9.59 Å². The lowest BCUT2D eigenvalue weighted by Crippen LogP contribution is -2.33. The predicted octanol–water partition coefficient (Wildman–Crippen LogP) is 2.39. The second kappa shape index (κ2) is 5.86. The van der Waals surface area contributed by atoms with Crippen LogP contribution in [0, 0.1) is 17.5 Å². The lowest BCUT2D eigenvalue weighted by molar-refractivity contribution is -0.140. The first-order valence-electron chi connectivity index (χ1n) is 5.42. The Morgan fingerprint density at radius 1 is 1.33 bits per heavy atom. The van der Waals surface area contributed by atoms with E-state index in [2.05, 4.69) is 0 Å². The van der Waals surface area contributed by atoms with E-state index >= 15 is 0 Å². The minimum absolute atomic E-state index is 0.0501. The van der Waals surface area contributed by atoms with Crippen molar-refractivity contribution < 1.29 is 27.9 Å². The van der Waals surface area contributed by atoms with Crippen molar-refractivity contribution in [2.24, 2.45) is 0 Å². The van der Waals surface area contributed by atoms with Crippen molar-refractivity contribution in [3.63, 3.8) is 0 Å². The average Bonchev–Trinajstić information content (AvgIpc) is 2.66. The maximum Gasteiger partial charge on any atom is 0.323 e. The van der Waals surface area contributed by atoms with Crippen molar-refractivity contribution in [1.29, 1.82) is 0 Å².